The second-order valence-electron chi connectivity index (χ2n) is 7.39. The molecule has 1 aromatic heterocycles. The van der Waals surface area contributed by atoms with Crippen LogP contribution in [-0.4, -0.2) is 33.4 Å². The van der Waals surface area contributed by atoms with Crippen molar-refractivity contribution in [3.05, 3.63) is 97.1 Å². The number of nitrogens with zero attached hydrogens (tertiary/aromatic N) is 3. The van der Waals surface area contributed by atoms with Crippen molar-refractivity contribution in [2.45, 2.75) is 26.6 Å². The third kappa shape index (κ3) is 5.13. The monoisotopic (exact) mass is 440 g/mol. The second kappa shape index (κ2) is 9.76. The van der Waals surface area contributed by atoms with Gasteiger partial charge in [0.05, 0.1) is 13.1 Å². The lowest BCUT2D eigenvalue weighted by Gasteiger charge is -2.19. The molecule has 0 fully saturated rings. The van der Waals surface area contributed by atoms with Gasteiger partial charge in [-0.2, -0.15) is 0 Å². The number of likely N-dealkylation sites (N-methyl/N-ethyl adjacent to an activating group) is 1. The van der Waals surface area contributed by atoms with E-state index in [1.807, 2.05) is 42.5 Å². The molecule has 0 amide bonds. The van der Waals surface area contributed by atoms with Gasteiger partial charge in [-0.05, 0) is 37.2 Å². The highest BCUT2D eigenvalue weighted by Gasteiger charge is 2.23. The molecule has 0 saturated carbocycles. The zero-order chi connectivity index (χ0) is 22.5. The van der Waals surface area contributed by atoms with Crippen LogP contribution in [0.3, 0.4) is 0 Å². The molecule has 2 aromatic carbocycles. The van der Waals surface area contributed by atoms with Crippen LogP contribution in [0, 0.1) is 0 Å². The molecule has 0 radical (unpaired) electrons. The summed E-state index contributed by atoms with van der Waals surface area (Å²) in [6, 6.07) is 16.6. The Morgan fingerprint density at radius 1 is 1.00 bits per heavy atom. The van der Waals surface area contributed by atoms with E-state index in [1.165, 1.54) is 4.57 Å². The van der Waals surface area contributed by atoms with Crippen molar-refractivity contribution in [2.24, 2.45) is 0 Å². The minimum absolute atomic E-state index is 0.0185. The van der Waals surface area contributed by atoms with Crippen LogP contribution >= 0.6 is 11.6 Å². The maximum absolute atomic E-state index is 13.1. The van der Waals surface area contributed by atoms with Crippen LogP contribution in [0.25, 0.3) is 0 Å². The number of Topliss-reactive ketones (excluding diaryl/α,β-unsaturated/α-hetero) is 1. The van der Waals surface area contributed by atoms with E-state index in [2.05, 4.69) is 0 Å². The van der Waals surface area contributed by atoms with Crippen LogP contribution in [0.5, 0.6) is 0 Å². The Hall–Kier alpha value is -3.16. The number of benzene rings is 2. The maximum Gasteiger partial charge on any atom is 0.332 e. The van der Waals surface area contributed by atoms with Crippen LogP contribution in [0.2, 0.25) is 5.02 Å². The Morgan fingerprint density at radius 2 is 1.65 bits per heavy atom. The zero-order valence-corrected chi connectivity index (χ0v) is 18.3. The Morgan fingerprint density at radius 3 is 2.26 bits per heavy atom. The summed E-state index contributed by atoms with van der Waals surface area (Å²) in [6.07, 6.45) is 0. The number of ketones is 1. The molecule has 162 valence electrons. The van der Waals surface area contributed by atoms with E-state index in [0.717, 1.165) is 15.7 Å². The van der Waals surface area contributed by atoms with Crippen LogP contribution < -0.4 is 17.0 Å². The number of hydrogen-bond acceptors (Lipinski definition) is 5. The summed E-state index contributed by atoms with van der Waals surface area (Å²) in [4.78, 5) is 40.5. The van der Waals surface area contributed by atoms with Gasteiger partial charge in [0.15, 0.2) is 5.78 Å². The molecule has 7 nitrogen and oxygen atoms in total. The molecule has 31 heavy (non-hydrogen) atoms. The number of halogens is 1. The third-order valence-corrected chi connectivity index (χ3v) is 5.28. The van der Waals surface area contributed by atoms with E-state index in [0.29, 0.717) is 11.6 Å². The zero-order valence-electron chi connectivity index (χ0n) is 17.5. The Labute approximate surface area is 185 Å². The fourth-order valence-corrected chi connectivity index (χ4v) is 3.58. The average Bonchev–Trinajstić information content (AvgIpc) is 2.74. The molecular weight excluding hydrogens is 416 g/mol. The molecule has 0 aliphatic heterocycles. The van der Waals surface area contributed by atoms with Crippen molar-refractivity contribution in [1.29, 1.82) is 0 Å². The Bertz CT molecular complexity index is 1180. The summed E-state index contributed by atoms with van der Waals surface area (Å²) in [5.74, 6) is -0.531. The van der Waals surface area contributed by atoms with Gasteiger partial charge in [-0.25, -0.2) is 4.79 Å². The highest BCUT2D eigenvalue weighted by Crippen LogP contribution is 2.13. The van der Waals surface area contributed by atoms with Crippen LogP contribution in [0.15, 0.2) is 64.2 Å². The topological polar surface area (TPSA) is 90.3 Å². The Balaban J connectivity index is 1.92. The van der Waals surface area contributed by atoms with E-state index >= 15 is 0 Å². The quantitative estimate of drug-likeness (QED) is 0.544. The summed E-state index contributed by atoms with van der Waals surface area (Å²) in [6.45, 7) is 2.48. The van der Waals surface area contributed by atoms with Crippen LogP contribution in [0.1, 0.15) is 28.4 Å². The molecule has 0 spiro atoms. The van der Waals surface area contributed by atoms with E-state index in [1.54, 1.807) is 31.0 Å². The minimum Gasteiger partial charge on any atom is -0.384 e. The molecule has 0 bridgehead atoms. The van der Waals surface area contributed by atoms with Gasteiger partial charge in [-0.1, -0.05) is 54.1 Å². The van der Waals surface area contributed by atoms with E-state index in [9.17, 15) is 14.4 Å². The number of rotatable bonds is 8. The molecule has 3 rings (SSSR count). The number of carbonyl (C=O) groups excluding carboxylic acids is 1. The van der Waals surface area contributed by atoms with Crippen molar-refractivity contribution >= 4 is 23.2 Å². The molecule has 3 aromatic rings. The Kier molecular flexibility index (Phi) is 7.09. The maximum atomic E-state index is 13.1. The summed E-state index contributed by atoms with van der Waals surface area (Å²) in [7, 11) is 1.78. The number of nitrogens with two attached hydrogens (primary N) is 1. The van der Waals surface area contributed by atoms with Gasteiger partial charge >= 0.3 is 5.69 Å². The number of hydrogen-bond donors (Lipinski definition) is 1. The highest BCUT2D eigenvalue weighted by molar-refractivity contribution is 6.30. The van der Waals surface area contributed by atoms with Gasteiger partial charge in [0.25, 0.3) is 5.56 Å². The van der Waals surface area contributed by atoms with E-state index in [4.69, 9.17) is 17.3 Å². The fourth-order valence-electron chi connectivity index (χ4n) is 3.46. The molecule has 0 atom stereocenters. The number of anilines is 1. The van der Waals surface area contributed by atoms with Crippen molar-refractivity contribution < 1.29 is 4.79 Å². The van der Waals surface area contributed by atoms with Gasteiger partial charge in [0.2, 0.25) is 0 Å². The molecule has 8 heteroatoms. The predicted octanol–water partition coefficient (Wildman–Crippen LogP) is 2.63. The predicted molar refractivity (Wildman–Crippen MR) is 123 cm³/mol. The van der Waals surface area contributed by atoms with Gasteiger partial charge in [0.1, 0.15) is 11.4 Å². The average molecular weight is 441 g/mol. The van der Waals surface area contributed by atoms with Gasteiger partial charge in [-0.15, -0.1) is 0 Å². The smallest absolute Gasteiger partial charge is 0.332 e. The van der Waals surface area contributed by atoms with E-state index in [-0.39, 0.29) is 31.0 Å². The summed E-state index contributed by atoms with van der Waals surface area (Å²) >= 11 is 5.92. The number of carbonyl (C=O) groups is 1. The highest BCUT2D eigenvalue weighted by atomic mass is 35.5. The molecule has 0 unspecified atom stereocenters. The first kappa shape index (κ1) is 22.5. The molecule has 0 aliphatic carbocycles. The van der Waals surface area contributed by atoms with Crippen molar-refractivity contribution in [3.8, 4) is 0 Å². The van der Waals surface area contributed by atoms with Crippen molar-refractivity contribution in [3.63, 3.8) is 0 Å². The first-order valence-electron chi connectivity index (χ1n) is 9.95. The fraction of sp³-hybridized carbons (Fsp3) is 0.261. The lowest BCUT2D eigenvalue weighted by atomic mass is 10.1. The van der Waals surface area contributed by atoms with Crippen LogP contribution in [0.4, 0.5) is 5.82 Å². The summed E-state index contributed by atoms with van der Waals surface area (Å²) in [5, 5.41) is 0.635. The lowest BCUT2D eigenvalue weighted by Crippen LogP contribution is -2.45. The minimum atomic E-state index is -0.654. The normalized spacial score (nSPS) is 11.1. The number of nitrogen functional groups attached to an aromatic ring is 1. The van der Waals surface area contributed by atoms with Gasteiger partial charge in [-0.3, -0.25) is 23.6 Å². The molecule has 0 aliphatic rings. The largest absolute Gasteiger partial charge is 0.384 e. The van der Waals surface area contributed by atoms with Crippen molar-refractivity contribution in [2.75, 3.05) is 19.3 Å². The first-order chi connectivity index (χ1) is 14.8. The van der Waals surface area contributed by atoms with Crippen molar-refractivity contribution in [1.82, 2.24) is 14.0 Å². The summed E-state index contributed by atoms with van der Waals surface area (Å²) < 4.78 is 2.33. The summed E-state index contributed by atoms with van der Waals surface area (Å²) in [5.41, 5.74) is 6.69. The first-order valence-corrected chi connectivity index (χ1v) is 10.3. The van der Waals surface area contributed by atoms with Crippen LogP contribution in [-0.2, 0) is 19.6 Å². The second-order valence-corrected chi connectivity index (χ2v) is 7.82. The lowest BCUT2D eigenvalue weighted by molar-refractivity contribution is 0.0941. The SMILES string of the molecule is CCn1c(=O)c(C(=O)CN(C)Cc2ccc(Cl)cc2)c(N)n(Cc2ccccc2)c1=O. The number of aromatic nitrogens is 2. The third-order valence-electron chi connectivity index (χ3n) is 5.03. The van der Waals surface area contributed by atoms with E-state index < -0.39 is 17.0 Å². The molecule has 1 heterocycles. The molecule has 0 saturated heterocycles. The molecule has 2 N–H and O–H groups in total. The standard InChI is InChI=1S/C23H25ClN4O3/c1-3-27-22(30)20(19(29)15-26(2)13-17-9-11-18(24)12-10-17)21(25)28(23(27)31)14-16-7-5-4-6-8-16/h4-12H,3,13-15,25H2,1-2H3. The van der Waals surface area contributed by atoms with Gasteiger partial charge in [0, 0.05) is 18.1 Å². The van der Waals surface area contributed by atoms with Gasteiger partial charge < -0.3 is 5.73 Å². The molecular formula is C23H25ClN4O3.